The van der Waals surface area contributed by atoms with Gasteiger partial charge in [-0.1, -0.05) is 24.3 Å². The molecule has 1 aliphatic rings. The smallest absolute Gasteiger partial charge is 0.414 e. The van der Waals surface area contributed by atoms with Crippen molar-refractivity contribution in [1.82, 2.24) is 5.06 Å². The zero-order chi connectivity index (χ0) is 11.4. The van der Waals surface area contributed by atoms with E-state index in [1.165, 1.54) is 6.20 Å². The SMILES string of the molecule is N#[N+]C(=C1C=CC=CN1[O-])c1ccccc1. The molecule has 0 atom stereocenters. The van der Waals surface area contributed by atoms with Gasteiger partial charge in [-0.05, 0) is 30.5 Å². The molecule has 0 spiro atoms. The van der Waals surface area contributed by atoms with Gasteiger partial charge < -0.3 is 10.3 Å². The Morgan fingerprint density at radius 3 is 2.56 bits per heavy atom. The standard InChI is InChI=1S/C12H9N3O/c13-14-12(10-6-2-1-3-7-10)11-8-4-5-9-15(11)16/h1-9H. The van der Waals surface area contributed by atoms with Crippen LogP contribution in [0, 0.1) is 10.6 Å². The van der Waals surface area contributed by atoms with Crippen LogP contribution in [0.1, 0.15) is 5.56 Å². The van der Waals surface area contributed by atoms with Gasteiger partial charge in [0.1, 0.15) is 5.70 Å². The summed E-state index contributed by atoms with van der Waals surface area (Å²) in [5.74, 6) is 0. The highest BCUT2D eigenvalue weighted by Gasteiger charge is 2.20. The maximum Gasteiger partial charge on any atom is 0.414 e. The Balaban J connectivity index is 2.52. The van der Waals surface area contributed by atoms with Gasteiger partial charge >= 0.3 is 5.70 Å². The minimum absolute atomic E-state index is 0.260. The first-order valence-corrected chi connectivity index (χ1v) is 4.79. The minimum atomic E-state index is 0.260. The highest BCUT2D eigenvalue weighted by Crippen LogP contribution is 2.24. The number of rotatable bonds is 1. The lowest BCUT2D eigenvalue weighted by molar-refractivity contribution is 0.653. The molecule has 0 aliphatic carbocycles. The summed E-state index contributed by atoms with van der Waals surface area (Å²) in [7, 11) is 0. The summed E-state index contributed by atoms with van der Waals surface area (Å²) in [5.41, 5.74) is 1.27. The molecule has 0 amide bonds. The van der Waals surface area contributed by atoms with Crippen LogP contribution >= 0.6 is 0 Å². The van der Waals surface area contributed by atoms with Crippen molar-refractivity contribution in [3.8, 4) is 0 Å². The highest BCUT2D eigenvalue weighted by molar-refractivity contribution is 5.75. The molecular weight excluding hydrogens is 202 g/mol. The molecule has 1 heterocycles. The third-order valence-corrected chi connectivity index (χ3v) is 2.21. The zero-order valence-electron chi connectivity index (χ0n) is 8.45. The van der Waals surface area contributed by atoms with E-state index in [0.717, 1.165) is 0 Å². The molecule has 0 unspecified atom stereocenters. The topological polar surface area (TPSA) is 54.5 Å². The van der Waals surface area contributed by atoms with E-state index in [1.807, 2.05) is 18.2 Å². The van der Waals surface area contributed by atoms with Gasteiger partial charge in [0.25, 0.3) is 0 Å². The molecule has 1 aromatic carbocycles. The van der Waals surface area contributed by atoms with E-state index >= 15 is 0 Å². The number of benzene rings is 1. The molecule has 1 aromatic rings. The van der Waals surface area contributed by atoms with Crippen LogP contribution in [0.15, 0.2) is 60.5 Å². The molecule has 1 aliphatic heterocycles. The Kier molecular flexibility index (Phi) is 2.81. The Morgan fingerprint density at radius 2 is 1.94 bits per heavy atom. The van der Waals surface area contributed by atoms with Gasteiger partial charge in [0, 0.05) is 0 Å². The van der Waals surface area contributed by atoms with Crippen molar-refractivity contribution in [3.63, 3.8) is 0 Å². The van der Waals surface area contributed by atoms with Gasteiger partial charge in [-0.15, -0.1) is 0 Å². The van der Waals surface area contributed by atoms with Crippen molar-refractivity contribution >= 4 is 5.70 Å². The van der Waals surface area contributed by atoms with Gasteiger partial charge in [-0.25, -0.2) is 0 Å². The van der Waals surface area contributed by atoms with Crippen molar-refractivity contribution in [1.29, 1.82) is 5.39 Å². The Morgan fingerprint density at radius 1 is 1.19 bits per heavy atom. The summed E-state index contributed by atoms with van der Waals surface area (Å²) in [6, 6.07) is 9.05. The molecule has 0 radical (unpaired) electrons. The fourth-order valence-electron chi connectivity index (χ4n) is 1.46. The normalized spacial score (nSPS) is 17.1. The van der Waals surface area contributed by atoms with Crippen molar-refractivity contribution in [2.75, 3.05) is 0 Å². The number of hydrogen-bond donors (Lipinski definition) is 0. The number of hydroxylamine groups is 2. The van der Waals surface area contributed by atoms with Crippen LogP contribution in [0.4, 0.5) is 0 Å². The van der Waals surface area contributed by atoms with Crippen molar-refractivity contribution in [2.45, 2.75) is 0 Å². The molecule has 0 saturated heterocycles. The van der Waals surface area contributed by atoms with E-state index in [1.54, 1.807) is 30.4 Å². The van der Waals surface area contributed by atoms with Crippen LogP contribution in [0.25, 0.3) is 10.7 Å². The molecule has 16 heavy (non-hydrogen) atoms. The van der Waals surface area contributed by atoms with E-state index < -0.39 is 0 Å². The summed E-state index contributed by atoms with van der Waals surface area (Å²) in [6.45, 7) is 0. The third kappa shape index (κ3) is 1.85. The lowest BCUT2D eigenvalue weighted by Crippen LogP contribution is -2.09. The number of hydrogen-bond acceptors (Lipinski definition) is 3. The van der Waals surface area contributed by atoms with Crippen LogP contribution in [0.5, 0.6) is 0 Å². The molecule has 0 fully saturated rings. The second kappa shape index (κ2) is 4.43. The van der Waals surface area contributed by atoms with Gasteiger partial charge in [0.05, 0.1) is 5.56 Å². The second-order valence-electron chi connectivity index (χ2n) is 3.23. The minimum Gasteiger partial charge on any atom is -0.754 e. The fraction of sp³-hybridized carbons (Fsp3) is 0. The van der Waals surface area contributed by atoms with E-state index in [0.29, 0.717) is 16.3 Å². The molecule has 2 rings (SSSR count). The van der Waals surface area contributed by atoms with Crippen LogP contribution in [0.3, 0.4) is 0 Å². The molecule has 4 heteroatoms. The molecular formula is C12H9N3O. The molecule has 0 N–H and O–H groups in total. The maximum absolute atomic E-state index is 11.5. The molecule has 0 bridgehead atoms. The average Bonchev–Trinajstić information content (AvgIpc) is 2.34. The quantitative estimate of drug-likeness (QED) is 0.670. The van der Waals surface area contributed by atoms with Crippen LogP contribution < -0.4 is 0 Å². The maximum atomic E-state index is 11.5. The summed E-state index contributed by atoms with van der Waals surface area (Å²) >= 11 is 0. The molecule has 0 aromatic heterocycles. The predicted molar refractivity (Wildman–Crippen MR) is 61.9 cm³/mol. The summed E-state index contributed by atoms with van der Waals surface area (Å²) in [4.78, 5) is 3.19. The summed E-state index contributed by atoms with van der Waals surface area (Å²) < 4.78 is 0. The van der Waals surface area contributed by atoms with Crippen LogP contribution in [-0.4, -0.2) is 5.06 Å². The Labute approximate surface area is 93.0 Å². The summed E-state index contributed by atoms with van der Waals surface area (Å²) in [6.07, 6.45) is 6.31. The molecule has 0 saturated carbocycles. The third-order valence-electron chi connectivity index (χ3n) is 2.21. The monoisotopic (exact) mass is 211 g/mol. The van der Waals surface area contributed by atoms with Crippen molar-refractivity contribution in [3.05, 3.63) is 76.2 Å². The first kappa shape index (κ1) is 10.1. The number of allylic oxidation sites excluding steroid dienone is 3. The number of nitrogens with zero attached hydrogens (tertiary/aromatic N) is 3. The molecule has 78 valence electrons. The Hall–Kier alpha value is -2.38. The van der Waals surface area contributed by atoms with Crippen molar-refractivity contribution < 1.29 is 0 Å². The van der Waals surface area contributed by atoms with Crippen LogP contribution in [0.2, 0.25) is 0 Å². The highest BCUT2D eigenvalue weighted by atomic mass is 16.5. The lowest BCUT2D eigenvalue weighted by Gasteiger charge is -2.26. The fourth-order valence-corrected chi connectivity index (χ4v) is 1.46. The van der Waals surface area contributed by atoms with Gasteiger partial charge in [-0.2, -0.15) is 0 Å². The first-order chi connectivity index (χ1) is 7.83. The lowest BCUT2D eigenvalue weighted by atomic mass is 10.1. The summed E-state index contributed by atoms with van der Waals surface area (Å²) in [5, 5.41) is 21.2. The first-order valence-electron chi connectivity index (χ1n) is 4.79. The van der Waals surface area contributed by atoms with Crippen molar-refractivity contribution in [2.24, 2.45) is 0 Å². The van der Waals surface area contributed by atoms with Gasteiger partial charge in [0.2, 0.25) is 5.39 Å². The average molecular weight is 211 g/mol. The second-order valence-corrected chi connectivity index (χ2v) is 3.23. The zero-order valence-corrected chi connectivity index (χ0v) is 8.45. The van der Waals surface area contributed by atoms with Gasteiger partial charge in [0.15, 0.2) is 4.98 Å². The van der Waals surface area contributed by atoms with Gasteiger partial charge in [-0.3, -0.25) is 0 Å². The predicted octanol–water partition coefficient (Wildman–Crippen LogP) is 3.09. The van der Waals surface area contributed by atoms with E-state index in [-0.39, 0.29) is 5.70 Å². The van der Waals surface area contributed by atoms with Crippen LogP contribution in [-0.2, 0) is 0 Å². The Bertz CT molecular complexity index is 509. The van der Waals surface area contributed by atoms with E-state index in [4.69, 9.17) is 5.39 Å². The number of diazo groups is 1. The van der Waals surface area contributed by atoms with E-state index in [9.17, 15) is 5.21 Å². The largest absolute Gasteiger partial charge is 0.754 e. The molecule has 4 nitrogen and oxygen atoms in total. The van der Waals surface area contributed by atoms with E-state index in [2.05, 4.69) is 4.98 Å².